The van der Waals surface area contributed by atoms with E-state index in [1.165, 1.54) is 12.8 Å². The number of aryl methyl sites for hydroxylation is 1. The summed E-state index contributed by atoms with van der Waals surface area (Å²) in [6.07, 6.45) is 4.91. The first-order valence-corrected chi connectivity index (χ1v) is 12.0. The van der Waals surface area contributed by atoms with Gasteiger partial charge < -0.3 is 15.3 Å². The molecule has 0 radical (unpaired) electrons. The number of carbonyl (C=O) groups is 1. The minimum absolute atomic E-state index is 0.0803. The first-order valence-electron chi connectivity index (χ1n) is 11.6. The van der Waals surface area contributed by atoms with E-state index in [1.54, 1.807) is 23.7 Å². The smallest absolute Gasteiger partial charge is 0.356 e. The molecule has 2 aliphatic rings. The molecule has 178 valence electrons. The van der Waals surface area contributed by atoms with E-state index in [2.05, 4.69) is 15.2 Å². The molecule has 3 heterocycles. The van der Waals surface area contributed by atoms with Crippen molar-refractivity contribution in [3.8, 4) is 0 Å². The van der Waals surface area contributed by atoms with E-state index in [9.17, 15) is 14.7 Å². The number of piperidine rings is 1. The molecule has 0 unspecified atom stereocenters. The lowest BCUT2D eigenvalue weighted by Gasteiger charge is -2.33. The molecular formula is C25H28ClN5O3. The molecule has 2 N–H and O–H groups in total. The van der Waals surface area contributed by atoms with Crippen LogP contribution in [-0.4, -0.2) is 38.7 Å². The maximum Gasteiger partial charge on any atom is 0.356 e. The van der Waals surface area contributed by atoms with Crippen molar-refractivity contribution in [1.29, 1.82) is 0 Å². The molecule has 8 nitrogen and oxygen atoms in total. The third kappa shape index (κ3) is 4.00. The molecule has 9 heteroatoms. The third-order valence-corrected chi connectivity index (χ3v) is 7.51. The number of hydrogen-bond acceptors (Lipinski definition) is 6. The highest BCUT2D eigenvalue weighted by Gasteiger charge is 2.44. The molecule has 1 aliphatic carbocycles. The van der Waals surface area contributed by atoms with Gasteiger partial charge in [-0.15, -0.1) is 0 Å². The van der Waals surface area contributed by atoms with Gasteiger partial charge in [-0.05, 0) is 68.7 Å². The molecule has 1 saturated carbocycles. The normalized spacial score (nSPS) is 17.7. The number of nitrogens with one attached hydrogen (secondary N) is 1. The molecule has 5 rings (SSSR count). The quantitative estimate of drug-likeness (QED) is 0.516. The molecule has 0 bridgehead atoms. The fourth-order valence-electron chi connectivity index (χ4n) is 5.04. The summed E-state index contributed by atoms with van der Waals surface area (Å²) in [4.78, 5) is 36.2. The van der Waals surface area contributed by atoms with Crippen LogP contribution in [0.4, 0.5) is 11.6 Å². The van der Waals surface area contributed by atoms with E-state index in [0.29, 0.717) is 28.0 Å². The van der Waals surface area contributed by atoms with Crippen molar-refractivity contribution in [2.45, 2.75) is 45.6 Å². The molecule has 0 amide bonds. The average Bonchev–Trinajstić information content (AvgIpc) is 3.56. The van der Waals surface area contributed by atoms with Gasteiger partial charge in [-0.3, -0.25) is 9.36 Å². The zero-order chi connectivity index (χ0) is 24.2. The number of nitrogens with zero attached hydrogens (tertiary/aromatic N) is 4. The van der Waals surface area contributed by atoms with Crippen LogP contribution in [0.3, 0.4) is 0 Å². The molecule has 1 spiro atoms. The number of carboxylic acids is 1. The van der Waals surface area contributed by atoms with Gasteiger partial charge in [-0.2, -0.15) is 0 Å². The highest BCUT2D eigenvalue weighted by molar-refractivity contribution is 6.29. The first kappa shape index (κ1) is 22.7. The summed E-state index contributed by atoms with van der Waals surface area (Å²) in [5.41, 5.74) is 3.05. The van der Waals surface area contributed by atoms with Crippen LogP contribution >= 0.6 is 11.6 Å². The minimum atomic E-state index is -1.17. The highest BCUT2D eigenvalue weighted by Crippen LogP contribution is 2.53. The highest BCUT2D eigenvalue weighted by atomic mass is 35.5. The third-order valence-electron chi connectivity index (χ3n) is 7.30. The predicted octanol–water partition coefficient (Wildman–Crippen LogP) is 4.54. The van der Waals surface area contributed by atoms with Gasteiger partial charge >= 0.3 is 5.97 Å². The van der Waals surface area contributed by atoms with Crippen molar-refractivity contribution in [2.24, 2.45) is 12.5 Å². The van der Waals surface area contributed by atoms with Crippen molar-refractivity contribution in [1.82, 2.24) is 14.5 Å². The van der Waals surface area contributed by atoms with Gasteiger partial charge in [0.2, 0.25) is 5.95 Å². The first-order chi connectivity index (χ1) is 16.2. The maximum absolute atomic E-state index is 13.4. The molecule has 1 atom stereocenters. The van der Waals surface area contributed by atoms with Gasteiger partial charge in [0, 0.05) is 25.7 Å². The SMILES string of the molecule is Cc1cc([C@H](C)Nc2ccc(Cl)nc2C(=O)O)c2nc(N3CCC4(CC3)CC4)n(C)c(=O)c2c1. The number of hydrogen-bond donors (Lipinski definition) is 2. The van der Waals surface area contributed by atoms with Crippen molar-refractivity contribution in [3.05, 3.63) is 56.6 Å². The zero-order valence-corrected chi connectivity index (χ0v) is 20.3. The van der Waals surface area contributed by atoms with Crippen LogP contribution in [0.2, 0.25) is 5.15 Å². The summed E-state index contributed by atoms with van der Waals surface area (Å²) >= 11 is 5.90. The molecule has 1 aromatic carbocycles. The molecule has 3 aromatic rings. The van der Waals surface area contributed by atoms with E-state index in [4.69, 9.17) is 16.6 Å². The summed E-state index contributed by atoms with van der Waals surface area (Å²) in [5.74, 6) is -0.483. The van der Waals surface area contributed by atoms with Crippen molar-refractivity contribution in [3.63, 3.8) is 0 Å². The predicted molar refractivity (Wildman–Crippen MR) is 133 cm³/mol. The Bertz CT molecular complexity index is 1350. The van der Waals surface area contributed by atoms with Crippen LogP contribution in [0.15, 0.2) is 29.1 Å². The fourth-order valence-corrected chi connectivity index (χ4v) is 5.19. The topological polar surface area (TPSA) is 100 Å². The fraction of sp³-hybridized carbons (Fsp3) is 0.440. The van der Waals surface area contributed by atoms with Gasteiger partial charge in [0.15, 0.2) is 5.69 Å². The average molecular weight is 482 g/mol. The molecule has 2 fully saturated rings. The van der Waals surface area contributed by atoms with Gasteiger partial charge in [0.1, 0.15) is 5.15 Å². The molecule has 1 saturated heterocycles. The summed E-state index contributed by atoms with van der Waals surface area (Å²) in [7, 11) is 1.79. The second-order valence-electron chi connectivity index (χ2n) is 9.71. The van der Waals surface area contributed by atoms with Gasteiger partial charge in [0.05, 0.1) is 22.6 Å². The van der Waals surface area contributed by atoms with Crippen LogP contribution in [0, 0.1) is 12.3 Å². The van der Waals surface area contributed by atoms with E-state index in [1.807, 2.05) is 26.0 Å². The lowest BCUT2D eigenvalue weighted by molar-refractivity contribution is 0.0691. The molecular weight excluding hydrogens is 454 g/mol. The number of carboxylic acid groups (broad SMARTS) is 1. The van der Waals surface area contributed by atoms with E-state index in [-0.39, 0.29) is 22.4 Å². The van der Waals surface area contributed by atoms with Crippen LogP contribution in [-0.2, 0) is 7.05 Å². The van der Waals surface area contributed by atoms with E-state index >= 15 is 0 Å². The summed E-state index contributed by atoms with van der Waals surface area (Å²) < 4.78 is 1.65. The number of pyridine rings is 1. The van der Waals surface area contributed by atoms with Crippen molar-refractivity contribution < 1.29 is 9.90 Å². The van der Waals surface area contributed by atoms with Crippen LogP contribution in [0.1, 0.15) is 60.3 Å². The minimum Gasteiger partial charge on any atom is -0.476 e. The zero-order valence-electron chi connectivity index (χ0n) is 19.6. The van der Waals surface area contributed by atoms with Crippen LogP contribution in [0.5, 0.6) is 0 Å². The van der Waals surface area contributed by atoms with Gasteiger partial charge in [-0.1, -0.05) is 17.7 Å². The maximum atomic E-state index is 13.4. The number of benzene rings is 1. The Morgan fingerprint density at radius 1 is 1.18 bits per heavy atom. The van der Waals surface area contributed by atoms with Crippen LogP contribution < -0.4 is 15.8 Å². The number of rotatable bonds is 5. The molecule has 1 aliphatic heterocycles. The summed E-state index contributed by atoms with van der Waals surface area (Å²) in [6.45, 7) is 5.67. The van der Waals surface area contributed by atoms with E-state index in [0.717, 1.165) is 37.1 Å². The van der Waals surface area contributed by atoms with Crippen molar-refractivity contribution in [2.75, 3.05) is 23.3 Å². The lowest BCUT2D eigenvalue weighted by atomic mass is 9.94. The second kappa shape index (κ2) is 8.27. The van der Waals surface area contributed by atoms with Gasteiger partial charge in [-0.25, -0.2) is 14.8 Å². The number of aromatic carboxylic acids is 1. The monoisotopic (exact) mass is 481 g/mol. The molecule has 2 aromatic heterocycles. The number of aromatic nitrogens is 3. The number of fused-ring (bicyclic) bond motifs is 1. The standard InChI is InChI=1S/C25H28ClN5O3/c1-14-12-16(15(2)27-18-4-5-19(26)28-21(18)23(33)34)20-17(13-14)22(32)30(3)24(29-20)31-10-8-25(6-7-25)9-11-31/h4-5,12-13,15,27H,6-11H2,1-3H3,(H,33,34)/t15-/m0/s1. The van der Waals surface area contributed by atoms with E-state index < -0.39 is 5.97 Å². The van der Waals surface area contributed by atoms with Crippen molar-refractivity contribution >= 4 is 40.1 Å². The van der Waals surface area contributed by atoms with Crippen LogP contribution in [0.25, 0.3) is 10.9 Å². The number of anilines is 2. The van der Waals surface area contributed by atoms with Gasteiger partial charge in [0.25, 0.3) is 5.56 Å². The Hall–Kier alpha value is -3.13. The lowest BCUT2D eigenvalue weighted by Crippen LogP contribution is -2.38. The Labute approximate surface area is 202 Å². The Morgan fingerprint density at radius 2 is 1.88 bits per heavy atom. The summed E-state index contributed by atoms with van der Waals surface area (Å²) in [6, 6.07) is 6.69. The Morgan fingerprint density at radius 3 is 2.53 bits per heavy atom. The number of halogens is 1. The summed E-state index contributed by atoms with van der Waals surface area (Å²) in [5, 5.41) is 13.5. The molecule has 34 heavy (non-hydrogen) atoms. The Kier molecular flexibility index (Phi) is 5.51. The second-order valence-corrected chi connectivity index (χ2v) is 10.1. The largest absolute Gasteiger partial charge is 0.476 e. The Balaban J connectivity index is 1.56.